The van der Waals surface area contributed by atoms with Gasteiger partial charge < -0.3 is 15.8 Å². The summed E-state index contributed by atoms with van der Waals surface area (Å²) in [5, 5.41) is 11.2. The predicted molar refractivity (Wildman–Crippen MR) is 94.8 cm³/mol. The molecule has 0 unspecified atom stereocenters. The molecule has 8 heteroatoms. The average molecular weight is 347 g/mol. The van der Waals surface area contributed by atoms with Crippen molar-refractivity contribution in [2.24, 2.45) is 0 Å². The van der Waals surface area contributed by atoms with Crippen molar-refractivity contribution >= 4 is 23.6 Å². The largest absolute Gasteiger partial charge is 0.494 e. The summed E-state index contributed by atoms with van der Waals surface area (Å²) in [6.07, 6.45) is 1.70. The first-order valence-electron chi connectivity index (χ1n) is 7.54. The van der Waals surface area contributed by atoms with E-state index in [2.05, 4.69) is 22.1 Å². The van der Waals surface area contributed by atoms with Crippen molar-refractivity contribution in [3.05, 3.63) is 42.5 Å². The summed E-state index contributed by atoms with van der Waals surface area (Å²) in [6, 6.07) is 7.65. The second-order valence-electron chi connectivity index (χ2n) is 4.89. The molecule has 0 atom stereocenters. The first kappa shape index (κ1) is 17.9. The molecule has 24 heavy (non-hydrogen) atoms. The lowest BCUT2D eigenvalue weighted by Crippen LogP contribution is -2.24. The summed E-state index contributed by atoms with van der Waals surface area (Å²) in [6.45, 7) is 7.16. The lowest BCUT2D eigenvalue weighted by atomic mass is 10.2. The van der Waals surface area contributed by atoms with Crippen molar-refractivity contribution < 1.29 is 9.53 Å². The molecule has 0 saturated heterocycles. The fourth-order valence-corrected chi connectivity index (χ4v) is 2.79. The SMILES string of the molecule is C=CCn1c(N)nnc1SCC(=O)NCc1cccc(OCC)c1. The fourth-order valence-electron chi connectivity index (χ4n) is 2.00. The van der Waals surface area contributed by atoms with Gasteiger partial charge in [0.2, 0.25) is 11.9 Å². The summed E-state index contributed by atoms with van der Waals surface area (Å²) in [4.78, 5) is 12.0. The van der Waals surface area contributed by atoms with E-state index >= 15 is 0 Å². The van der Waals surface area contributed by atoms with Gasteiger partial charge in [-0.25, -0.2) is 0 Å². The van der Waals surface area contributed by atoms with Gasteiger partial charge in [0.1, 0.15) is 5.75 Å². The van der Waals surface area contributed by atoms with Crippen molar-refractivity contribution in [3.63, 3.8) is 0 Å². The van der Waals surface area contributed by atoms with E-state index in [1.54, 1.807) is 10.6 Å². The summed E-state index contributed by atoms with van der Waals surface area (Å²) < 4.78 is 7.15. The molecule has 3 N–H and O–H groups in total. The number of nitrogens with zero attached hydrogens (tertiary/aromatic N) is 3. The highest BCUT2D eigenvalue weighted by molar-refractivity contribution is 7.99. The zero-order valence-electron chi connectivity index (χ0n) is 13.6. The molecule has 0 bridgehead atoms. The van der Waals surface area contributed by atoms with Crippen LogP contribution in [0.1, 0.15) is 12.5 Å². The Morgan fingerprint density at radius 3 is 3.08 bits per heavy atom. The normalized spacial score (nSPS) is 10.4. The van der Waals surface area contributed by atoms with Crippen LogP contribution in [0.15, 0.2) is 42.1 Å². The number of hydrogen-bond donors (Lipinski definition) is 2. The van der Waals surface area contributed by atoms with Crippen LogP contribution in [0, 0.1) is 0 Å². The molecule has 0 aliphatic carbocycles. The number of thioether (sulfide) groups is 1. The number of aromatic nitrogens is 3. The standard InChI is InChI=1S/C16H21N5O2S/c1-3-8-21-15(17)19-20-16(21)24-11-14(22)18-10-12-6-5-7-13(9-12)23-4-2/h3,5-7,9H,1,4,8,10-11H2,2H3,(H2,17,19)(H,18,22). The van der Waals surface area contributed by atoms with Gasteiger partial charge in [-0.05, 0) is 24.6 Å². The highest BCUT2D eigenvalue weighted by Gasteiger charge is 2.11. The second-order valence-corrected chi connectivity index (χ2v) is 5.83. The number of carbonyl (C=O) groups excluding carboxylic acids is 1. The first-order chi connectivity index (χ1) is 11.6. The van der Waals surface area contributed by atoms with Gasteiger partial charge in [0, 0.05) is 13.1 Å². The molecule has 128 valence electrons. The number of anilines is 1. The smallest absolute Gasteiger partial charge is 0.230 e. The number of ether oxygens (including phenoxy) is 1. The molecule has 0 fully saturated rings. The first-order valence-corrected chi connectivity index (χ1v) is 8.53. The molecule has 7 nitrogen and oxygen atoms in total. The maximum atomic E-state index is 12.0. The lowest BCUT2D eigenvalue weighted by molar-refractivity contribution is -0.118. The molecule has 0 aliphatic heterocycles. The Labute approximate surface area is 145 Å². The van der Waals surface area contributed by atoms with Gasteiger partial charge in [-0.2, -0.15) is 0 Å². The summed E-state index contributed by atoms with van der Waals surface area (Å²) in [5.74, 6) is 1.26. The highest BCUT2D eigenvalue weighted by Crippen LogP contribution is 2.18. The van der Waals surface area contributed by atoms with Crippen LogP contribution in [0.5, 0.6) is 5.75 Å². The number of nitrogen functional groups attached to an aromatic ring is 1. The number of carbonyl (C=O) groups is 1. The third kappa shape index (κ3) is 5.02. The number of benzene rings is 1. The molecule has 0 aliphatic rings. The van der Waals surface area contributed by atoms with Gasteiger partial charge in [-0.3, -0.25) is 9.36 Å². The zero-order chi connectivity index (χ0) is 17.4. The Balaban J connectivity index is 1.83. The van der Waals surface area contributed by atoms with Crippen molar-refractivity contribution in [2.45, 2.75) is 25.2 Å². The molecule has 1 aromatic carbocycles. The molecular weight excluding hydrogens is 326 g/mol. The average Bonchev–Trinajstić information content (AvgIpc) is 2.92. The fraction of sp³-hybridized carbons (Fsp3) is 0.312. The number of rotatable bonds is 9. The van der Waals surface area contributed by atoms with Crippen molar-refractivity contribution in [1.82, 2.24) is 20.1 Å². The maximum Gasteiger partial charge on any atom is 0.230 e. The molecule has 1 heterocycles. The van der Waals surface area contributed by atoms with Gasteiger partial charge in [0.25, 0.3) is 0 Å². The Hall–Kier alpha value is -2.48. The van der Waals surface area contributed by atoms with E-state index < -0.39 is 0 Å². The monoisotopic (exact) mass is 347 g/mol. The number of hydrogen-bond acceptors (Lipinski definition) is 6. The minimum atomic E-state index is -0.0893. The summed E-state index contributed by atoms with van der Waals surface area (Å²) in [7, 11) is 0. The number of nitrogens with one attached hydrogen (secondary N) is 1. The van der Waals surface area contributed by atoms with E-state index in [0.29, 0.717) is 30.8 Å². The molecule has 1 aromatic heterocycles. The maximum absolute atomic E-state index is 12.0. The Kier molecular flexibility index (Phi) is 6.68. The van der Waals surface area contributed by atoms with Crippen molar-refractivity contribution in [1.29, 1.82) is 0 Å². The van der Waals surface area contributed by atoms with Gasteiger partial charge in [0.15, 0.2) is 5.16 Å². The Bertz CT molecular complexity index is 702. The van der Waals surface area contributed by atoms with Gasteiger partial charge >= 0.3 is 0 Å². The molecular formula is C16H21N5O2S. The minimum Gasteiger partial charge on any atom is -0.494 e. The van der Waals surface area contributed by atoms with E-state index in [-0.39, 0.29) is 11.7 Å². The van der Waals surface area contributed by atoms with Crippen molar-refractivity contribution in [2.75, 3.05) is 18.1 Å². The zero-order valence-corrected chi connectivity index (χ0v) is 14.4. The quantitative estimate of drug-likeness (QED) is 0.531. The van der Waals surface area contributed by atoms with E-state index in [1.165, 1.54) is 11.8 Å². The second kappa shape index (κ2) is 8.97. The van der Waals surface area contributed by atoms with Gasteiger partial charge in [-0.15, -0.1) is 16.8 Å². The van der Waals surface area contributed by atoms with E-state index in [9.17, 15) is 4.79 Å². The third-order valence-corrected chi connectivity index (χ3v) is 4.06. The van der Waals surface area contributed by atoms with Crippen molar-refractivity contribution in [3.8, 4) is 5.75 Å². The number of allylic oxidation sites excluding steroid dienone is 1. The Morgan fingerprint density at radius 1 is 1.50 bits per heavy atom. The van der Waals surface area contributed by atoms with Crippen LogP contribution in [0.2, 0.25) is 0 Å². The lowest BCUT2D eigenvalue weighted by Gasteiger charge is -2.08. The topological polar surface area (TPSA) is 95.1 Å². The van der Waals surface area contributed by atoms with E-state index in [1.807, 2.05) is 31.2 Å². The van der Waals surface area contributed by atoms with Crippen LogP contribution in [-0.2, 0) is 17.9 Å². The van der Waals surface area contributed by atoms with Gasteiger partial charge in [-0.1, -0.05) is 30.0 Å². The van der Waals surface area contributed by atoms with Crippen LogP contribution >= 0.6 is 11.8 Å². The van der Waals surface area contributed by atoms with E-state index in [0.717, 1.165) is 11.3 Å². The van der Waals surface area contributed by atoms with Gasteiger partial charge in [0.05, 0.1) is 12.4 Å². The summed E-state index contributed by atoms with van der Waals surface area (Å²) in [5.41, 5.74) is 6.71. The Morgan fingerprint density at radius 2 is 2.33 bits per heavy atom. The molecule has 1 amide bonds. The molecule has 2 rings (SSSR count). The third-order valence-electron chi connectivity index (χ3n) is 3.09. The minimum absolute atomic E-state index is 0.0893. The van der Waals surface area contributed by atoms with Crippen LogP contribution in [-0.4, -0.2) is 33.0 Å². The summed E-state index contributed by atoms with van der Waals surface area (Å²) >= 11 is 1.29. The number of nitrogens with two attached hydrogens (primary N) is 1. The molecule has 0 spiro atoms. The van der Waals surface area contributed by atoms with Crippen LogP contribution < -0.4 is 15.8 Å². The highest BCUT2D eigenvalue weighted by atomic mass is 32.2. The molecule has 0 radical (unpaired) electrons. The molecule has 0 saturated carbocycles. The van der Waals surface area contributed by atoms with Crippen LogP contribution in [0.4, 0.5) is 5.95 Å². The molecule has 2 aromatic rings. The number of amides is 1. The van der Waals surface area contributed by atoms with Crippen LogP contribution in [0.3, 0.4) is 0 Å². The van der Waals surface area contributed by atoms with Crippen LogP contribution in [0.25, 0.3) is 0 Å². The van der Waals surface area contributed by atoms with E-state index in [4.69, 9.17) is 10.5 Å². The predicted octanol–water partition coefficient (Wildman–Crippen LogP) is 1.85.